The average molecular weight is 249 g/mol. The summed E-state index contributed by atoms with van der Waals surface area (Å²) < 4.78 is 0. The number of aromatic nitrogens is 1. The molecule has 2 rings (SSSR count). The highest BCUT2D eigenvalue weighted by Gasteiger charge is 2.11. The third kappa shape index (κ3) is 3.70. The molecule has 1 aromatic heterocycles. The highest BCUT2D eigenvalue weighted by molar-refractivity contribution is 5.83. The molecule has 0 radical (unpaired) electrons. The second-order valence-corrected chi connectivity index (χ2v) is 4.62. The first-order valence-corrected chi connectivity index (χ1v) is 6.41. The molecule has 1 aliphatic heterocycles. The van der Waals surface area contributed by atoms with Gasteiger partial charge in [-0.1, -0.05) is 0 Å². The predicted octanol–water partition coefficient (Wildman–Crippen LogP) is 2.20. The Morgan fingerprint density at radius 3 is 2.94 bits per heavy atom. The minimum absolute atomic E-state index is 0.603. The van der Waals surface area contributed by atoms with Crippen molar-refractivity contribution in [3.8, 4) is 0 Å². The summed E-state index contributed by atoms with van der Waals surface area (Å²) in [6, 6.07) is 1.88. The van der Waals surface area contributed by atoms with Gasteiger partial charge in [0, 0.05) is 6.20 Å². The molecule has 1 aliphatic rings. The molecule has 1 aromatic rings. The fraction of sp³-hybridized carbons (Fsp3) is 0.538. The Hall–Kier alpha value is -1.62. The highest BCUT2D eigenvalue weighted by Crippen LogP contribution is 2.16. The topological polar surface area (TPSA) is 65.5 Å². The molecule has 2 N–H and O–H groups in total. The standard InChI is InChI=1S/C13H19N3O2/c17-13(18)15-12-10-14-6-5-11(12)4-3-9-16-7-1-2-8-16/h5-6,10,15H,1-4,7-9H2,(H,17,18). The molecule has 1 fully saturated rings. The molecule has 1 saturated heterocycles. The van der Waals surface area contributed by atoms with E-state index in [0.717, 1.165) is 24.9 Å². The van der Waals surface area contributed by atoms with Crippen molar-refractivity contribution in [2.75, 3.05) is 25.0 Å². The van der Waals surface area contributed by atoms with Crippen LogP contribution in [0.1, 0.15) is 24.8 Å². The molecule has 5 nitrogen and oxygen atoms in total. The maximum absolute atomic E-state index is 10.7. The van der Waals surface area contributed by atoms with E-state index in [1.807, 2.05) is 6.07 Å². The second-order valence-electron chi connectivity index (χ2n) is 4.62. The third-order valence-electron chi connectivity index (χ3n) is 3.27. The molecule has 18 heavy (non-hydrogen) atoms. The van der Waals surface area contributed by atoms with E-state index in [1.54, 1.807) is 12.4 Å². The molecule has 1 amide bonds. The van der Waals surface area contributed by atoms with Crippen LogP contribution in [-0.2, 0) is 6.42 Å². The molecular formula is C13H19N3O2. The van der Waals surface area contributed by atoms with Crippen LogP contribution in [0.5, 0.6) is 0 Å². The van der Waals surface area contributed by atoms with Crippen LogP contribution < -0.4 is 5.32 Å². The van der Waals surface area contributed by atoms with E-state index in [9.17, 15) is 4.79 Å². The SMILES string of the molecule is O=C(O)Nc1cnccc1CCCN1CCCC1. The summed E-state index contributed by atoms with van der Waals surface area (Å²) in [6.07, 6.45) is 6.79. The fourth-order valence-corrected chi connectivity index (χ4v) is 2.37. The second kappa shape index (κ2) is 6.35. The fourth-order valence-electron chi connectivity index (χ4n) is 2.37. The Morgan fingerprint density at radius 1 is 1.44 bits per heavy atom. The van der Waals surface area contributed by atoms with Crippen LogP contribution in [-0.4, -0.2) is 40.7 Å². The summed E-state index contributed by atoms with van der Waals surface area (Å²) in [5.74, 6) is 0. The maximum Gasteiger partial charge on any atom is 0.409 e. The number of likely N-dealkylation sites (tertiary alicyclic amines) is 1. The van der Waals surface area contributed by atoms with E-state index in [2.05, 4.69) is 15.2 Å². The number of aryl methyl sites for hydroxylation is 1. The first-order chi connectivity index (χ1) is 8.75. The average Bonchev–Trinajstić information content (AvgIpc) is 2.84. The molecule has 2 heterocycles. The van der Waals surface area contributed by atoms with Gasteiger partial charge in [0.25, 0.3) is 0 Å². The Kier molecular flexibility index (Phi) is 4.52. The smallest absolute Gasteiger partial charge is 0.409 e. The van der Waals surface area contributed by atoms with Crippen molar-refractivity contribution in [3.05, 3.63) is 24.0 Å². The zero-order valence-corrected chi connectivity index (χ0v) is 10.4. The van der Waals surface area contributed by atoms with Crippen molar-refractivity contribution in [1.29, 1.82) is 0 Å². The van der Waals surface area contributed by atoms with Crippen LogP contribution in [0.3, 0.4) is 0 Å². The monoisotopic (exact) mass is 249 g/mol. The number of carbonyl (C=O) groups is 1. The molecule has 0 saturated carbocycles. The lowest BCUT2D eigenvalue weighted by molar-refractivity contribution is 0.209. The number of nitrogens with one attached hydrogen (secondary N) is 1. The van der Waals surface area contributed by atoms with Crippen molar-refractivity contribution in [2.24, 2.45) is 0 Å². The van der Waals surface area contributed by atoms with Gasteiger partial charge < -0.3 is 10.0 Å². The maximum atomic E-state index is 10.7. The minimum atomic E-state index is -1.04. The Bertz CT molecular complexity index is 403. The van der Waals surface area contributed by atoms with E-state index >= 15 is 0 Å². The van der Waals surface area contributed by atoms with Gasteiger partial charge in [-0.25, -0.2) is 4.79 Å². The van der Waals surface area contributed by atoms with Gasteiger partial charge in [-0.15, -0.1) is 0 Å². The van der Waals surface area contributed by atoms with Gasteiger partial charge in [-0.3, -0.25) is 10.3 Å². The molecule has 0 unspecified atom stereocenters. The van der Waals surface area contributed by atoms with Crippen LogP contribution in [0, 0.1) is 0 Å². The molecule has 0 spiro atoms. The predicted molar refractivity (Wildman–Crippen MR) is 69.9 cm³/mol. The molecule has 0 aliphatic carbocycles. The molecule has 5 heteroatoms. The van der Waals surface area contributed by atoms with Crippen molar-refractivity contribution in [2.45, 2.75) is 25.7 Å². The van der Waals surface area contributed by atoms with Crippen molar-refractivity contribution in [1.82, 2.24) is 9.88 Å². The first kappa shape index (κ1) is 12.8. The molecule has 0 atom stereocenters. The quantitative estimate of drug-likeness (QED) is 0.839. The number of pyridine rings is 1. The summed E-state index contributed by atoms with van der Waals surface area (Å²) in [6.45, 7) is 3.50. The number of anilines is 1. The summed E-state index contributed by atoms with van der Waals surface area (Å²) in [7, 11) is 0. The number of nitrogens with zero attached hydrogens (tertiary/aromatic N) is 2. The lowest BCUT2D eigenvalue weighted by atomic mass is 10.1. The van der Waals surface area contributed by atoms with E-state index in [4.69, 9.17) is 5.11 Å². The molecule has 0 aromatic carbocycles. The zero-order valence-electron chi connectivity index (χ0n) is 10.4. The molecular weight excluding hydrogens is 230 g/mol. The molecule has 98 valence electrons. The van der Waals surface area contributed by atoms with E-state index in [-0.39, 0.29) is 0 Å². The largest absolute Gasteiger partial charge is 0.465 e. The molecule has 0 bridgehead atoms. The number of carboxylic acid groups (broad SMARTS) is 1. The minimum Gasteiger partial charge on any atom is -0.465 e. The van der Waals surface area contributed by atoms with Gasteiger partial charge in [0.2, 0.25) is 0 Å². The normalized spacial score (nSPS) is 15.8. The van der Waals surface area contributed by atoms with Crippen molar-refractivity contribution < 1.29 is 9.90 Å². The van der Waals surface area contributed by atoms with E-state index < -0.39 is 6.09 Å². The van der Waals surface area contributed by atoms with Crippen LogP contribution in [0.15, 0.2) is 18.5 Å². The number of amides is 1. The van der Waals surface area contributed by atoms with Crippen LogP contribution in [0.2, 0.25) is 0 Å². The lowest BCUT2D eigenvalue weighted by Crippen LogP contribution is -2.21. The van der Waals surface area contributed by atoms with Gasteiger partial charge in [0.15, 0.2) is 0 Å². The summed E-state index contributed by atoms with van der Waals surface area (Å²) in [5.41, 5.74) is 1.62. The third-order valence-corrected chi connectivity index (χ3v) is 3.27. The number of hydrogen-bond acceptors (Lipinski definition) is 3. The van der Waals surface area contributed by atoms with Crippen molar-refractivity contribution in [3.63, 3.8) is 0 Å². The Labute approximate surface area is 107 Å². The van der Waals surface area contributed by atoms with Gasteiger partial charge in [-0.2, -0.15) is 0 Å². The first-order valence-electron chi connectivity index (χ1n) is 6.41. The highest BCUT2D eigenvalue weighted by atomic mass is 16.4. The van der Waals surface area contributed by atoms with E-state index in [0.29, 0.717) is 5.69 Å². The summed E-state index contributed by atoms with van der Waals surface area (Å²) >= 11 is 0. The van der Waals surface area contributed by atoms with Crippen LogP contribution >= 0.6 is 0 Å². The Balaban J connectivity index is 1.85. The number of rotatable bonds is 5. The van der Waals surface area contributed by atoms with E-state index in [1.165, 1.54) is 25.9 Å². The van der Waals surface area contributed by atoms with Gasteiger partial charge in [-0.05, 0) is 56.9 Å². The van der Waals surface area contributed by atoms with Gasteiger partial charge >= 0.3 is 6.09 Å². The number of hydrogen-bond donors (Lipinski definition) is 2. The van der Waals surface area contributed by atoms with Crippen LogP contribution in [0.25, 0.3) is 0 Å². The van der Waals surface area contributed by atoms with Crippen LogP contribution in [0.4, 0.5) is 10.5 Å². The Morgan fingerprint density at radius 2 is 2.22 bits per heavy atom. The summed E-state index contributed by atoms with van der Waals surface area (Å²) in [4.78, 5) is 17.1. The van der Waals surface area contributed by atoms with Crippen molar-refractivity contribution >= 4 is 11.8 Å². The lowest BCUT2D eigenvalue weighted by Gasteiger charge is -2.14. The van der Waals surface area contributed by atoms with Gasteiger partial charge in [0.05, 0.1) is 11.9 Å². The zero-order chi connectivity index (χ0) is 12.8. The summed E-state index contributed by atoms with van der Waals surface area (Å²) in [5, 5.41) is 11.1. The van der Waals surface area contributed by atoms with Gasteiger partial charge in [0.1, 0.15) is 0 Å².